The van der Waals surface area contributed by atoms with Gasteiger partial charge in [0, 0.05) is 36.4 Å². The summed E-state index contributed by atoms with van der Waals surface area (Å²) < 4.78 is 0. The first-order valence-corrected chi connectivity index (χ1v) is 9.71. The smallest absolute Gasteiger partial charge is 0.319 e. The molecule has 0 radical (unpaired) electrons. The molecule has 1 aliphatic heterocycles. The average molecular weight is 358 g/mol. The second-order valence-electron chi connectivity index (χ2n) is 7.75. The Morgan fingerprint density at radius 2 is 1.88 bits per heavy atom. The molecule has 0 unspecified atom stereocenters. The summed E-state index contributed by atoms with van der Waals surface area (Å²) in [6.45, 7) is 6.51. The number of hydrogen-bond donors (Lipinski definition) is 3. The Labute approximate surface area is 155 Å². The zero-order valence-electron chi connectivity index (χ0n) is 15.8. The molecule has 1 saturated heterocycles. The predicted molar refractivity (Wildman–Crippen MR) is 103 cm³/mol. The Bertz CT molecular complexity index is 634. The van der Waals surface area contributed by atoms with E-state index < -0.39 is 0 Å². The van der Waals surface area contributed by atoms with Crippen LogP contribution in [0.4, 0.5) is 10.5 Å². The fourth-order valence-electron chi connectivity index (χ4n) is 3.28. The molecule has 0 bridgehead atoms. The van der Waals surface area contributed by atoms with E-state index in [-0.39, 0.29) is 18.0 Å². The predicted octanol–water partition coefficient (Wildman–Crippen LogP) is 2.82. The fraction of sp³-hybridized carbons (Fsp3) is 0.600. The van der Waals surface area contributed by atoms with Crippen molar-refractivity contribution in [3.8, 4) is 0 Å². The molecule has 1 heterocycles. The van der Waals surface area contributed by atoms with Crippen molar-refractivity contribution in [2.75, 3.05) is 25.0 Å². The summed E-state index contributed by atoms with van der Waals surface area (Å²) >= 11 is 0. The summed E-state index contributed by atoms with van der Waals surface area (Å²) in [5.41, 5.74) is 1.26. The van der Waals surface area contributed by atoms with Gasteiger partial charge < -0.3 is 20.9 Å². The Morgan fingerprint density at radius 3 is 2.54 bits per heavy atom. The van der Waals surface area contributed by atoms with E-state index in [0.29, 0.717) is 17.3 Å². The van der Waals surface area contributed by atoms with Gasteiger partial charge in [0.15, 0.2) is 0 Å². The molecule has 3 rings (SSSR count). The number of likely N-dealkylation sites (tertiary alicyclic amines) is 1. The minimum absolute atomic E-state index is 0.0403. The molecular formula is C20H30N4O2. The van der Waals surface area contributed by atoms with Crippen LogP contribution in [0.15, 0.2) is 24.3 Å². The highest BCUT2D eigenvalue weighted by molar-refractivity contribution is 5.97. The number of nitrogens with zero attached hydrogens (tertiary/aromatic N) is 1. The second-order valence-corrected chi connectivity index (χ2v) is 7.75. The highest BCUT2D eigenvalue weighted by Gasteiger charge is 2.26. The van der Waals surface area contributed by atoms with E-state index in [9.17, 15) is 9.59 Å². The summed E-state index contributed by atoms with van der Waals surface area (Å²) in [6, 6.07) is 7.51. The minimum Gasteiger partial charge on any atom is -0.339 e. The molecule has 2 aliphatic rings. The van der Waals surface area contributed by atoms with Crippen molar-refractivity contribution in [2.24, 2.45) is 5.92 Å². The molecule has 2 fully saturated rings. The molecular weight excluding hydrogens is 328 g/mol. The Kier molecular flexibility index (Phi) is 6.14. The van der Waals surface area contributed by atoms with Crippen LogP contribution >= 0.6 is 0 Å². The largest absolute Gasteiger partial charge is 0.339 e. The van der Waals surface area contributed by atoms with Gasteiger partial charge in [-0.1, -0.05) is 6.07 Å². The first kappa shape index (κ1) is 18.7. The van der Waals surface area contributed by atoms with E-state index in [4.69, 9.17) is 0 Å². The van der Waals surface area contributed by atoms with E-state index in [1.807, 2.05) is 30.9 Å². The molecule has 142 valence electrons. The molecule has 1 saturated carbocycles. The Morgan fingerprint density at radius 1 is 1.15 bits per heavy atom. The number of benzene rings is 1. The van der Waals surface area contributed by atoms with Crippen molar-refractivity contribution in [3.05, 3.63) is 29.8 Å². The molecule has 0 spiro atoms. The summed E-state index contributed by atoms with van der Waals surface area (Å²) in [4.78, 5) is 26.5. The number of piperidine rings is 1. The van der Waals surface area contributed by atoms with Crippen molar-refractivity contribution in [3.63, 3.8) is 0 Å². The zero-order valence-corrected chi connectivity index (χ0v) is 15.8. The lowest BCUT2D eigenvalue weighted by molar-refractivity contribution is 0.0705. The SMILES string of the molecule is CC(C)NC(=O)Nc1cccc(C(=O)N2CCC(NCC3CC3)CC2)c1. The third-order valence-corrected chi connectivity index (χ3v) is 4.96. The van der Waals surface area contributed by atoms with Gasteiger partial charge >= 0.3 is 6.03 Å². The summed E-state index contributed by atoms with van der Waals surface area (Å²) in [5, 5.41) is 9.20. The van der Waals surface area contributed by atoms with Crippen LogP contribution in [0.5, 0.6) is 0 Å². The van der Waals surface area contributed by atoms with Crippen LogP contribution in [0.3, 0.4) is 0 Å². The minimum atomic E-state index is -0.257. The van der Waals surface area contributed by atoms with Gasteiger partial charge in [0.25, 0.3) is 5.91 Å². The Hall–Kier alpha value is -2.08. The van der Waals surface area contributed by atoms with Gasteiger partial charge in [-0.05, 0) is 70.2 Å². The zero-order chi connectivity index (χ0) is 18.5. The van der Waals surface area contributed by atoms with Gasteiger partial charge in [-0.3, -0.25) is 4.79 Å². The van der Waals surface area contributed by atoms with Crippen molar-refractivity contribution in [1.82, 2.24) is 15.5 Å². The van der Waals surface area contributed by atoms with Gasteiger partial charge in [-0.2, -0.15) is 0 Å². The van der Waals surface area contributed by atoms with Crippen LogP contribution < -0.4 is 16.0 Å². The molecule has 0 atom stereocenters. The standard InChI is InChI=1S/C20H30N4O2/c1-14(2)22-20(26)23-18-5-3-4-16(12-18)19(25)24-10-8-17(9-11-24)21-13-15-6-7-15/h3-5,12,14-15,17,21H,6-11,13H2,1-2H3,(H2,22,23,26). The molecule has 1 aromatic carbocycles. The lowest BCUT2D eigenvalue weighted by Crippen LogP contribution is -2.45. The third-order valence-electron chi connectivity index (χ3n) is 4.96. The maximum atomic E-state index is 12.8. The third kappa shape index (κ3) is 5.46. The van der Waals surface area contributed by atoms with Crippen LogP contribution in [-0.2, 0) is 0 Å². The average Bonchev–Trinajstić information content (AvgIpc) is 3.44. The van der Waals surface area contributed by atoms with Crippen LogP contribution in [0, 0.1) is 5.92 Å². The van der Waals surface area contributed by atoms with Crippen molar-refractivity contribution < 1.29 is 9.59 Å². The number of amides is 3. The van der Waals surface area contributed by atoms with Gasteiger partial charge in [0.2, 0.25) is 0 Å². The molecule has 3 amide bonds. The number of carbonyl (C=O) groups excluding carboxylic acids is 2. The molecule has 1 aliphatic carbocycles. The first-order chi connectivity index (χ1) is 12.5. The van der Waals surface area contributed by atoms with E-state index in [1.54, 1.807) is 12.1 Å². The number of carbonyl (C=O) groups is 2. The van der Waals surface area contributed by atoms with Gasteiger partial charge in [-0.15, -0.1) is 0 Å². The number of hydrogen-bond acceptors (Lipinski definition) is 3. The van der Waals surface area contributed by atoms with Crippen molar-refractivity contribution >= 4 is 17.6 Å². The van der Waals surface area contributed by atoms with E-state index in [0.717, 1.165) is 38.4 Å². The summed E-state index contributed by atoms with van der Waals surface area (Å²) in [5.74, 6) is 0.927. The van der Waals surface area contributed by atoms with Gasteiger partial charge in [0.05, 0.1) is 0 Å². The molecule has 1 aromatic rings. The lowest BCUT2D eigenvalue weighted by atomic mass is 10.0. The molecule has 6 heteroatoms. The molecule has 0 aromatic heterocycles. The van der Waals surface area contributed by atoms with E-state index in [2.05, 4.69) is 16.0 Å². The summed E-state index contributed by atoms with van der Waals surface area (Å²) in [6.07, 6.45) is 4.74. The maximum Gasteiger partial charge on any atom is 0.319 e. The van der Waals surface area contributed by atoms with Gasteiger partial charge in [0.1, 0.15) is 0 Å². The fourth-order valence-corrected chi connectivity index (χ4v) is 3.28. The van der Waals surface area contributed by atoms with Crippen LogP contribution in [0.2, 0.25) is 0 Å². The molecule has 3 N–H and O–H groups in total. The maximum absolute atomic E-state index is 12.8. The molecule has 6 nitrogen and oxygen atoms in total. The lowest BCUT2D eigenvalue weighted by Gasteiger charge is -2.32. The first-order valence-electron chi connectivity index (χ1n) is 9.71. The normalized spacial score (nSPS) is 18.0. The summed E-state index contributed by atoms with van der Waals surface area (Å²) in [7, 11) is 0. The second kappa shape index (κ2) is 8.54. The van der Waals surface area contributed by atoms with Crippen LogP contribution in [-0.4, -0.2) is 48.6 Å². The van der Waals surface area contributed by atoms with Crippen LogP contribution in [0.25, 0.3) is 0 Å². The van der Waals surface area contributed by atoms with Crippen molar-refractivity contribution in [1.29, 1.82) is 0 Å². The van der Waals surface area contributed by atoms with E-state index >= 15 is 0 Å². The number of anilines is 1. The van der Waals surface area contributed by atoms with Crippen molar-refractivity contribution in [2.45, 2.75) is 51.6 Å². The Balaban J connectivity index is 1.51. The monoisotopic (exact) mass is 358 g/mol. The quantitative estimate of drug-likeness (QED) is 0.732. The number of rotatable bonds is 6. The number of nitrogens with one attached hydrogen (secondary N) is 3. The van der Waals surface area contributed by atoms with Gasteiger partial charge in [-0.25, -0.2) is 4.79 Å². The molecule has 26 heavy (non-hydrogen) atoms. The highest BCUT2D eigenvalue weighted by atomic mass is 16.2. The van der Waals surface area contributed by atoms with E-state index in [1.165, 1.54) is 12.8 Å². The number of urea groups is 1. The topological polar surface area (TPSA) is 73.5 Å². The van der Waals surface area contributed by atoms with Crippen LogP contribution in [0.1, 0.15) is 49.9 Å². The highest BCUT2D eigenvalue weighted by Crippen LogP contribution is 2.28.